The van der Waals surface area contributed by atoms with Crippen LogP contribution in [0.1, 0.15) is 33.5 Å². The highest BCUT2D eigenvalue weighted by Crippen LogP contribution is 2.18. The highest BCUT2D eigenvalue weighted by Gasteiger charge is 2.14. The molecule has 0 fully saturated rings. The van der Waals surface area contributed by atoms with E-state index in [2.05, 4.69) is 10.3 Å². The number of nitrogens with zero attached hydrogens (tertiary/aromatic N) is 2. The van der Waals surface area contributed by atoms with Crippen molar-refractivity contribution in [2.45, 2.75) is 19.9 Å². The summed E-state index contributed by atoms with van der Waals surface area (Å²) >= 11 is 0. The van der Waals surface area contributed by atoms with E-state index in [4.69, 9.17) is 5.11 Å². The van der Waals surface area contributed by atoms with E-state index in [1.807, 2.05) is 11.5 Å². The van der Waals surface area contributed by atoms with Crippen LogP contribution in [0, 0.1) is 5.82 Å². The Morgan fingerprint density at radius 3 is 2.69 bits per heavy atom. The zero-order valence-electron chi connectivity index (χ0n) is 14.2. The number of aryl methyl sites for hydroxylation is 1. The molecule has 134 valence electrons. The number of aromatic carboxylic acids is 1. The number of rotatable bonds is 6. The van der Waals surface area contributed by atoms with Gasteiger partial charge in [-0.2, -0.15) is 0 Å². The van der Waals surface area contributed by atoms with Crippen molar-refractivity contribution in [3.63, 3.8) is 0 Å². The van der Waals surface area contributed by atoms with E-state index >= 15 is 0 Å². The molecule has 0 aliphatic carbocycles. The number of carbonyl (C=O) groups is 2. The first kappa shape index (κ1) is 17.6. The van der Waals surface area contributed by atoms with Gasteiger partial charge in [0.25, 0.3) is 5.91 Å². The van der Waals surface area contributed by atoms with Crippen molar-refractivity contribution in [1.29, 1.82) is 0 Å². The van der Waals surface area contributed by atoms with Crippen molar-refractivity contribution < 1.29 is 19.1 Å². The molecule has 2 aromatic carbocycles. The molecule has 0 radical (unpaired) electrons. The molecule has 3 rings (SSSR count). The van der Waals surface area contributed by atoms with Gasteiger partial charge in [0, 0.05) is 19.5 Å². The summed E-state index contributed by atoms with van der Waals surface area (Å²) in [5, 5.41) is 11.8. The van der Waals surface area contributed by atoms with Gasteiger partial charge < -0.3 is 15.0 Å². The van der Waals surface area contributed by atoms with E-state index in [0.717, 1.165) is 11.3 Å². The summed E-state index contributed by atoms with van der Waals surface area (Å²) in [5.74, 6) is -1.31. The second-order valence-electron chi connectivity index (χ2n) is 5.77. The Morgan fingerprint density at radius 1 is 1.23 bits per heavy atom. The molecule has 0 saturated heterocycles. The maximum absolute atomic E-state index is 13.6. The second kappa shape index (κ2) is 7.35. The fraction of sp³-hybridized carbons (Fsp3) is 0.211. The van der Waals surface area contributed by atoms with Crippen LogP contribution in [-0.4, -0.2) is 33.1 Å². The number of hydrogen-bond acceptors (Lipinski definition) is 3. The van der Waals surface area contributed by atoms with Crippen LogP contribution in [0.4, 0.5) is 4.39 Å². The quantitative estimate of drug-likeness (QED) is 0.712. The Labute approximate surface area is 149 Å². The normalized spacial score (nSPS) is 10.8. The second-order valence-corrected chi connectivity index (χ2v) is 5.77. The first-order chi connectivity index (χ1) is 12.5. The van der Waals surface area contributed by atoms with Gasteiger partial charge in [-0.3, -0.25) is 4.79 Å². The van der Waals surface area contributed by atoms with E-state index in [0.29, 0.717) is 25.0 Å². The van der Waals surface area contributed by atoms with E-state index in [1.165, 1.54) is 24.3 Å². The van der Waals surface area contributed by atoms with Gasteiger partial charge in [0.1, 0.15) is 11.6 Å². The molecule has 0 unspecified atom stereocenters. The van der Waals surface area contributed by atoms with Crippen LogP contribution in [0.5, 0.6) is 0 Å². The third-order valence-electron chi connectivity index (χ3n) is 4.14. The Morgan fingerprint density at radius 2 is 2.00 bits per heavy atom. The Hall–Kier alpha value is -3.22. The van der Waals surface area contributed by atoms with Crippen LogP contribution < -0.4 is 5.32 Å². The zero-order chi connectivity index (χ0) is 18.7. The highest BCUT2D eigenvalue weighted by atomic mass is 19.1. The number of carboxylic acids is 1. The Balaban J connectivity index is 1.75. The fourth-order valence-corrected chi connectivity index (χ4v) is 2.88. The summed E-state index contributed by atoms with van der Waals surface area (Å²) in [6.07, 6.45) is 0.450. The van der Waals surface area contributed by atoms with E-state index < -0.39 is 17.7 Å². The molecule has 1 heterocycles. The maximum Gasteiger partial charge on any atom is 0.335 e. The highest BCUT2D eigenvalue weighted by molar-refractivity contribution is 5.94. The van der Waals surface area contributed by atoms with Crippen molar-refractivity contribution in [2.75, 3.05) is 6.54 Å². The Bertz CT molecular complexity index is 981. The molecule has 2 N–H and O–H groups in total. The Kier molecular flexibility index (Phi) is 4.97. The monoisotopic (exact) mass is 355 g/mol. The van der Waals surface area contributed by atoms with Crippen LogP contribution in [0.25, 0.3) is 11.0 Å². The summed E-state index contributed by atoms with van der Waals surface area (Å²) in [5.41, 5.74) is 1.62. The third-order valence-corrected chi connectivity index (χ3v) is 4.14. The third kappa shape index (κ3) is 3.42. The lowest BCUT2D eigenvalue weighted by atomic mass is 10.2. The number of fused-ring (bicyclic) bond motifs is 1. The van der Waals surface area contributed by atoms with Crippen molar-refractivity contribution in [1.82, 2.24) is 14.9 Å². The van der Waals surface area contributed by atoms with Crippen LogP contribution in [-0.2, 0) is 13.0 Å². The summed E-state index contributed by atoms with van der Waals surface area (Å²) in [4.78, 5) is 27.6. The molecule has 0 bridgehead atoms. The average Bonchev–Trinajstić information content (AvgIpc) is 2.98. The average molecular weight is 355 g/mol. The molecule has 0 atom stereocenters. The van der Waals surface area contributed by atoms with Crippen LogP contribution in [0.15, 0.2) is 42.5 Å². The number of nitrogens with one attached hydrogen (secondary N) is 1. The predicted molar refractivity (Wildman–Crippen MR) is 94.8 cm³/mol. The van der Waals surface area contributed by atoms with Crippen LogP contribution >= 0.6 is 0 Å². The first-order valence-electron chi connectivity index (χ1n) is 8.26. The van der Waals surface area contributed by atoms with Crippen LogP contribution in [0.2, 0.25) is 0 Å². The van der Waals surface area contributed by atoms with E-state index in [-0.39, 0.29) is 11.1 Å². The lowest BCUT2D eigenvalue weighted by Gasteiger charge is -2.08. The summed E-state index contributed by atoms with van der Waals surface area (Å²) in [6.45, 7) is 2.93. The number of halogens is 1. The minimum atomic E-state index is -1.00. The SMILES string of the molecule is CCn1c(CCNC(=O)c2ccccc2F)nc2cc(C(=O)O)ccc21. The number of aromatic nitrogens is 2. The van der Waals surface area contributed by atoms with Gasteiger partial charge >= 0.3 is 5.97 Å². The molecule has 26 heavy (non-hydrogen) atoms. The van der Waals surface area contributed by atoms with Crippen molar-refractivity contribution >= 4 is 22.9 Å². The van der Waals surface area contributed by atoms with Crippen molar-refractivity contribution in [3.05, 3.63) is 65.2 Å². The van der Waals surface area contributed by atoms with Crippen molar-refractivity contribution in [2.24, 2.45) is 0 Å². The van der Waals surface area contributed by atoms with Gasteiger partial charge in [0.15, 0.2) is 0 Å². The number of carboxylic acid groups (broad SMARTS) is 1. The van der Waals surface area contributed by atoms with E-state index in [9.17, 15) is 14.0 Å². The maximum atomic E-state index is 13.6. The van der Waals surface area contributed by atoms with Gasteiger partial charge in [-0.25, -0.2) is 14.2 Å². The zero-order valence-corrected chi connectivity index (χ0v) is 14.2. The number of hydrogen-bond donors (Lipinski definition) is 2. The standard InChI is InChI=1S/C19H18FN3O3/c1-2-23-16-8-7-12(19(25)26)11-15(16)22-17(23)9-10-21-18(24)13-5-3-4-6-14(13)20/h3-8,11H,2,9-10H2,1H3,(H,21,24)(H,25,26). The summed E-state index contributed by atoms with van der Waals surface area (Å²) in [6, 6.07) is 10.6. The molecule has 3 aromatic rings. The molecular formula is C19H18FN3O3. The molecule has 7 heteroatoms. The molecule has 6 nitrogen and oxygen atoms in total. The molecule has 0 aliphatic rings. The summed E-state index contributed by atoms with van der Waals surface area (Å²) in [7, 11) is 0. The van der Waals surface area contributed by atoms with Gasteiger partial charge in [-0.05, 0) is 37.3 Å². The number of imidazole rings is 1. The number of benzene rings is 2. The summed E-state index contributed by atoms with van der Waals surface area (Å²) < 4.78 is 15.6. The molecule has 0 saturated carbocycles. The van der Waals surface area contributed by atoms with E-state index in [1.54, 1.807) is 18.2 Å². The lowest BCUT2D eigenvalue weighted by Crippen LogP contribution is -2.27. The molecule has 0 aliphatic heterocycles. The predicted octanol–water partition coefficient (Wildman–Crippen LogP) is 2.87. The van der Waals surface area contributed by atoms with Gasteiger partial charge in [-0.1, -0.05) is 12.1 Å². The van der Waals surface area contributed by atoms with Gasteiger partial charge in [-0.15, -0.1) is 0 Å². The molecule has 1 aromatic heterocycles. The van der Waals surface area contributed by atoms with Crippen LogP contribution in [0.3, 0.4) is 0 Å². The fourth-order valence-electron chi connectivity index (χ4n) is 2.88. The topological polar surface area (TPSA) is 84.2 Å². The minimum absolute atomic E-state index is 0.00240. The lowest BCUT2D eigenvalue weighted by molar-refractivity contribution is 0.0696. The molecule has 0 spiro atoms. The minimum Gasteiger partial charge on any atom is -0.478 e. The first-order valence-corrected chi connectivity index (χ1v) is 8.26. The largest absolute Gasteiger partial charge is 0.478 e. The van der Waals surface area contributed by atoms with Crippen molar-refractivity contribution in [3.8, 4) is 0 Å². The molecule has 1 amide bonds. The van der Waals surface area contributed by atoms with Gasteiger partial charge in [0.2, 0.25) is 0 Å². The number of carbonyl (C=O) groups excluding carboxylic acids is 1. The van der Waals surface area contributed by atoms with Gasteiger partial charge in [0.05, 0.1) is 22.2 Å². The molecular weight excluding hydrogens is 337 g/mol. The number of amides is 1. The smallest absolute Gasteiger partial charge is 0.335 e.